The highest BCUT2D eigenvalue weighted by Crippen LogP contribution is 2.44. The molecule has 0 fully saturated rings. The highest BCUT2D eigenvalue weighted by Gasteiger charge is 2.34. The summed E-state index contributed by atoms with van der Waals surface area (Å²) in [5.41, 5.74) is 3.89. The molecule has 166 valence electrons. The third-order valence-corrected chi connectivity index (χ3v) is 5.69. The fourth-order valence-electron chi connectivity index (χ4n) is 4.05. The topological polar surface area (TPSA) is 73.4 Å². The van der Waals surface area contributed by atoms with Gasteiger partial charge in [-0.3, -0.25) is 9.89 Å². The molecular weight excluding hydrogens is 423 g/mol. The zero-order chi connectivity index (χ0) is 22.8. The third kappa shape index (κ3) is 4.05. The van der Waals surface area contributed by atoms with Crippen molar-refractivity contribution < 1.29 is 23.4 Å². The lowest BCUT2D eigenvalue weighted by Gasteiger charge is -2.23. The third-order valence-electron chi connectivity index (χ3n) is 5.69. The lowest BCUT2D eigenvalue weighted by atomic mass is 9.85. The smallest absolute Gasteiger partial charge is 0.313 e. The van der Waals surface area contributed by atoms with Gasteiger partial charge < -0.3 is 14.2 Å². The molecule has 0 aliphatic carbocycles. The normalized spacial score (nSPS) is 15.0. The Labute approximate surface area is 189 Å². The SMILES string of the molecule is COc1cc([C@H]2CC(=O)Oc3n[nH]c(-c4ccccc4)c32)ccc1OCc1ccccc1F. The van der Waals surface area contributed by atoms with E-state index in [-0.39, 0.29) is 36.6 Å². The minimum atomic E-state index is -0.350. The fourth-order valence-corrected chi connectivity index (χ4v) is 4.05. The Morgan fingerprint density at radius 3 is 2.64 bits per heavy atom. The van der Waals surface area contributed by atoms with Crippen LogP contribution in [-0.2, 0) is 11.4 Å². The van der Waals surface area contributed by atoms with Crippen molar-refractivity contribution in [2.45, 2.75) is 18.9 Å². The van der Waals surface area contributed by atoms with Gasteiger partial charge in [-0.2, -0.15) is 0 Å². The van der Waals surface area contributed by atoms with Crippen molar-refractivity contribution in [2.24, 2.45) is 0 Å². The average Bonchev–Trinajstić information content (AvgIpc) is 3.27. The zero-order valence-corrected chi connectivity index (χ0v) is 17.9. The number of carbonyl (C=O) groups is 1. The highest BCUT2D eigenvalue weighted by atomic mass is 19.1. The largest absolute Gasteiger partial charge is 0.493 e. The summed E-state index contributed by atoms with van der Waals surface area (Å²) in [6.45, 7) is 0.0716. The molecule has 1 aliphatic rings. The van der Waals surface area contributed by atoms with E-state index in [1.807, 2.05) is 42.5 Å². The standard InChI is InChI=1S/C26H21FN2O4/c1-31-22-13-17(11-12-21(22)32-15-18-9-5-6-10-20(18)27)19-14-23(30)33-26-24(19)25(28-29-26)16-7-3-2-4-8-16/h2-13,19H,14-15H2,1H3,(H,28,29)/t19-/m1/s1. The molecule has 0 saturated carbocycles. The van der Waals surface area contributed by atoms with Crippen molar-refractivity contribution in [1.29, 1.82) is 0 Å². The van der Waals surface area contributed by atoms with E-state index in [1.54, 1.807) is 31.4 Å². The number of rotatable bonds is 6. The zero-order valence-electron chi connectivity index (χ0n) is 17.9. The first-order valence-corrected chi connectivity index (χ1v) is 10.5. The van der Waals surface area contributed by atoms with Gasteiger partial charge >= 0.3 is 5.97 Å². The van der Waals surface area contributed by atoms with Gasteiger partial charge in [-0.05, 0) is 29.3 Å². The summed E-state index contributed by atoms with van der Waals surface area (Å²) in [6.07, 6.45) is 0.172. The molecule has 6 nitrogen and oxygen atoms in total. The number of aromatic nitrogens is 2. The molecule has 1 atom stereocenters. The molecule has 7 heteroatoms. The van der Waals surface area contributed by atoms with E-state index in [0.717, 1.165) is 22.4 Å². The van der Waals surface area contributed by atoms with Gasteiger partial charge in [0.2, 0.25) is 5.88 Å². The first-order chi connectivity index (χ1) is 16.1. The van der Waals surface area contributed by atoms with Crippen molar-refractivity contribution in [1.82, 2.24) is 10.2 Å². The van der Waals surface area contributed by atoms with Gasteiger partial charge in [-0.15, -0.1) is 5.10 Å². The fraction of sp³-hybridized carbons (Fsp3) is 0.154. The summed E-state index contributed by atoms with van der Waals surface area (Å²) in [5.74, 6) is 0.318. The van der Waals surface area contributed by atoms with E-state index in [9.17, 15) is 9.18 Å². The van der Waals surface area contributed by atoms with Crippen LogP contribution in [-0.4, -0.2) is 23.3 Å². The summed E-state index contributed by atoms with van der Waals surface area (Å²) >= 11 is 0. The van der Waals surface area contributed by atoms with Crippen LogP contribution in [0.25, 0.3) is 11.3 Å². The Kier molecular flexibility index (Phi) is 5.52. The maximum Gasteiger partial charge on any atom is 0.313 e. The molecule has 2 heterocycles. The van der Waals surface area contributed by atoms with Crippen LogP contribution in [0.3, 0.4) is 0 Å². The van der Waals surface area contributed by atoms with Crippen molar-refractivity contribution >= 4 is 5.97 Å². The summed E-state index contributed by atoms with van der Waals surface area (Å²) in [5, 5.41) is 7.25. The number of esters is 1. The molecule has 1 aromatic heterocycles. The second-order valence-electron chi connectivity index (χ2n) is 7.70. The Morgan fingerprint density at radius 2 is 1.85 bits per heavy atom. The molecule has 33 heavy (non-hydrogen) atoms. The number of nitrogens with zero attached hydrogens (tertiary/aromatic N) is 1. The quantitative estimate of drug-likeness (QED) is 0.412. The first-order valence-electron chi connectivity index (χ1n) is 10.5. The van der Waals surface area contributed by atoms with Gasteiger partial charge in [0.15, 0.2) is 11.5 Å². The second-order valence-corrected chi connectivity index (χ2v) is 7.70. The van der Waals surface area contributed by atoms with Crippen LogP contribution < -0.4 is 14.2 Å². The monoisotopic (exact) mass is 444 g/mol. The van der Waals surface area contributed by atoms with Crippen LogP contribution in [0.15, 0.2) is 72.8 Å². The van der Waals surface area contributed by atoms with E-state index < -0.39 is 0 Å². The number of nitrogens with one attached hydrogen (secondary N) is 1. The first kappa shape index (κ1) is 20.8. The van der Waals surface area contributed by atoms with Crippen LogP contribution in [0.2, 0.25) is 0 Å². The number of H-pyrrole nitrogens is 1. The summed E-state index contributed by atoms with van der Waals surface area (Å²) in [7, 11) is 1.54. The second kappa shape index (κ2) is 8.78. The van der Waals surface area contributed by atoms with Crippen LogP contribution in [0.1, 0.15) is 29.0 Å². The average molecular weight is 444 g/mol. The van der Waals surface area contributed by atoms with Gasteiger partial charge in [0.05, 0.1) is 24.8 Å². The maximum atomic E-state index is 13.9. The molecule has 4 aromatic rings. The van der Waals surface area contributed by atoms with Crippen LogP contribution in [0.5, 0.6) is 17.4 Å². The number of ether oxygens (including phenoxy) is 3. The molecule has 1 N–H and O–H groups in total. The van der Waals surface area contributed by atoms with Gasteiger partial charge in [-0.25, -0.2) is 4.39 Å². The molecule has 0 saturated heterocycles. The van der Waals surface area contributed by atoms with Crippen LogP contribution in [0.4, 0.5) is 4.39 Å². The molecule has 0 spiro atoms. The molecule has 3 aromatic carbocycles. The Morgan fingerprint density at radius 1 is 1.06 bits per heavy atom. The summed E-state index contributed by atoms with van der Waals surface area (Å²) in [6, 6.07) is 21.7. The van der Waals surface area contributed by atoms with E-state index in [4.69, 9.17) is 14.2 Å². The van der Waals surface area contributed by atoms with Crippen LogP contribution in [0, 0.1) is 5.82 Å². The molecule has 0 radical (unpaired) electrons. The Balaban J connectivity index is 1.48. The molecular formula is C26H21FN2O4. The number of benzene rings is 3. The van der Waals surface area contributed by atoms with Gasteiger partial charge in [-0.1, -0.05) is 54.6 Å². The number of hydrogen-bond donors (Lipinski definition) is 1. The number of carbonyl (C=O) groups excluding carboxylic acids is 1. The predicted molar refractivity (Wildman–Crippen MR) is 120 cm³/mol. The maximum absolute atomic E-state index is 13.9. The number of fused-ring (bicyclic) bond motifs is 1. The molecule has 5 rings (SSSR count). The van der Waals surface area contributed by atoms with Crippen LogP contribution >= 0.6 is 0 Å². The number of aromatic amines is 1. The Bertz CT molecular complexity index is 1300. The van der Waals surface area contributed by atoms with Gasteiger partial charge in [0.25, 0.3) is 0 Å². The van der Waals surface area contributed by atoms with Crippen molar-refractivity contribution in [2.75, 3.05) is 7.11 Å². The lowest BCUT2D eigenvalue weighted by Crippen LogP contribution is -2.21. The minimum Gasteiger partial charge on any atom is -0.493 e. The molecule has 0 amide bonds. The van der Waals surface area contributed by atoms with Crippen molar-refractivity contribution in [3.8, 4) is 28.6 Å². The van der Waals surface area contributed by atoms with E-state index in [0.29, 0.717) is 17.1 Å². The summed E-state index contributed by atoms with van der Waals surface area (Å²) in [4.78, 5) is 12.3. The van der Waals surface area contributed by atoms with Crippen molar-refractivity contribution in [3.63, 3.8) is 0 Å². The van der Waals surface area contributed by atoms with E-state index in [2.05, 4.69) is 10.2 Å². The highest BCUT2D eigenvalue weighted by molar-refractivity contribution is 5.80. The summed E-state index contributed by atoms with van der Waals surface area (Å²) < 4.78 is 30.7. The van der Waals surface area contributed by atoms with E-state index in [1.165, 1.54) is 6.07 Å². The molecule has 1 aliphatic heterocycles. The number of methoxy groups -OCH3 is 1. The van der Waals surface area contributed by atoms with Crippen molar-refractivity contribution in [3.05, 3.63) is 95.3 Å². The minimum absolute atomic E-state index is 0.0716. The number of halogens is 1. The van der Waals surface area contributed by atoms with Gasteiger partial charge in [0, 0.05) is 11.5 Å². The lowest BCUT2D eigenvalue weighted by molar-refractivity contribution is -0.135. The predicted octanol–water partition coefficient (Wildman–Crippen LogP) is 5.24. The van der Waals surface area contributed by atoms with E-state index >= 15 is 0 Å². The Hall–Kier alpha value is -4.13. The van der Waals surface area contributed by atoms with Gasteiger partial charge in [0.1, 0.15) is 12.4 Å². The number of hydrogen-bond acceptors (Lipinski definition) is 5. The molecule has 0 unspecified atom stereocenters. The molecule has 0 bridgehead atoms.